The number of carbonyl (C=O) groups is 1. The molecule has 0 spiro atoms. The monoisotopic (exact) mass is 329 g/mol. The lowest BCUT2D eigenvalue weighted by Gasteiger charge is -2.08. The van der Waals surface area contributed by atoms with Crippen LogP contribution in [0.2, 0.25) is 15.1 Å². The van der Waals surface area contributed by atoms with E-state index in [0.29, 0.717) is 26.5 Å². The molecule has 3 nitrogen and oxygen atoms in total. The molecule has 6 heteroatoms. The molecule has 20 heavy (non-hydrogen) atoms. The third-order valence-corrected chi connectivity index (χ3v) is 3.34. The molecule has 0 unspecified atom stereocenters. The van der Waals surface area contributed by atoms with Crippen molar-refractivity contribution in [3.63, 3.8) is 0 Å². The minimum Gasteiger partial charge on any atom is -0.484 e. The first kappa shape index (κ1) is 15.0. The van der Waals surface area contributed by atoms with Crippen molar-refractivity contribution in [2.45, 2.75) is 0 Å². The first-order chi connectivity index (χ1) is 9.54. The van der Waals surface area contributed by atoms with Crippen LogP contribution in [0.1, 0.15) is 0 Å². The van der Waals surface area contributed by atoms with Gasteiger partial charge in [0.05, 0.1) is 10.0 Å². The van der Waals surface area contributed by atoms with E-state index < -0.39 is 0 Å². The molecule has 0 saturated heterocycles. The maximum Gasteiger partial charge on any atom is 0.262 e. The molecule has 0 heterocycles. The molecule has 0 radical (unpaired) electrons. The summed E-state index contributed by atoms with van der Waals surface area (Å²) in [6.45, 7) is -0.134. The average Bonchev–Trinajstić information content (AvgIpc) is 2.40. The van der Waals surface area contributed by atoms with Gasteiger partial charge in [0.2, 0.25) is 0 Å². The Labute approximate surface area is 131 Å². The Morgan fingerprint density at radius 3 is 2.55 bits per heavy atom. The molecule has 0 saturated carbocycles. The summed E-state index contributed by atoms with van der Waals surface area (Å²) in [6.07, 6.45) is 0. The van der Waals surface area contributed by atoms with E-state index in [1.54, 1.807) is 42.5 Å². The minimum absolute atomic E-state index is 0.134. The van der Waals surface area contributed by atoms with Crippen molar-refractivity contribution in [2.75, 3.05) is 11.9 Å². The summed E-state index contributed by atoms with van der Waals surface area (Å²) >= 11 is 17.5. The number of rotatable bonds is 4. The summed E-state index contributed by atoms with van der Waals surface area (Å²) in [5, 5.41) is 4.03. The van der Waals surface area contributed by atoms with Crippen LogP contribution < -0.4 is 10.1 Å². The van der Waals surface area contributed by atoms with Gasteiger partial charge in [0.25, 0.3) is 5.91 Å². The fraction of sp³-hybridized carbons (Fsp3) is 0.0714. The first-order valence-corrected chi connectivity index (χ1v) is 6.81. The molecule has 0 aliphatic heterocycles. The van der Waals surface area contributed by atoms with E-state index in [1.165, 1.54) is 0 Å². The number of amides is 1. The number of carbonyl (C=O) groups excluding carboxylic acids is 1. The van der Waals surface area contributed by atoms with E-state index in [0.717, 1.165) is 0 Å². The molecule has 0 aromatic heterocycles. The van der Waals surface area contributed by atoms with Gasteiger partial charge in [-0.3, -0.25) is 4.79 Å². The zero-order valence-corrected chi connectivity index (χ0v) is 12.5. The van der Waals surface area contributed by atoms with Crippen molar-refractivity contribution < 1.29 is 9.53 Å². The third-order valence-electron chi connectivity index (χ3n) is 2.37. The van der Waals surface area contributed by atoms with E-state index in [9.17, 15) is 4.79 Å². The molecule has 1 N–H and O–H groups in total. The van der Waals surface area contributed by atoms with Crippen molar-refractivity contribution in [3.05, 3.63) is 57.5 Å². The lowest BCUT2D eigenvalue weighted by molar-refractivity contribution is -0.118. The molecular formula is C14H10Cl3NO2. The summed E-state index contributed by atoms with van der Waals surface area (Å²) in [5.41, 5.74) is 0.611. The highest BCUT2D eigenvalue weighted by Crippen LogP contribution is 2.26. The fourth-order valence-electron chi connectivity index (χ4n) is 1.48. The van der Waals surface area contributed by atoms with Crippen molar-refractivity contribution in [2.24, 2.45) is 0 Å². The van der Waals surface area contributed by atoms with Gasteiger partial charge >= 0.3 is 0 Å². The van der Waals surface area contributed by atoms with Crippen LogP contribution >= 0.6 is 34.8 Å². The van der Waals surface area contributed by atoms with E-state index in [1.807, 2.05) is 0 Å². The number of anilines is 1. The van der Waals surface area contributed by atoms with Gasteiger partial charge < -0.3 is 10.1 Å². The summed E-state index contributed by atoms with van der Waals surface area (Å²) in [5.74, 6) is 0.180. The highest BCUT2D eigenvalue weighted by atomic mass is 35.5. The van der Waals surface area contributed by atoms with Gasteiger partial charge in [-0.25, -0.2) is 0 Å². The highest BCUT2D eigenvalue weighted by molar-refractivity contribution is 6.42. The molecule has 0 fully saturated rings. The third kappa shape index (κ3) is 4.30. The lowest BCUT2D eigenvalue weighted by atomic mass is 10.3. The van der Waals surface area contributed by atoms with Gasteiger partial charge in [-0.05, 0) is 30.3 Å². The second-order valence-electron chi connectivity index (χ2n) is 3.92. The van der Waals surface area contributed by atoms with Crippen LogP contribution in [0.4, 0.5) is 5.69 Å². The average molecular weight is 331 g/mol. The quantitative estimate of drug-likeness (QED) is 0.885. The molecule has 2 rings (SSSR count). The number of ether oxygens (including phenoxy) is 1. The maximum absolute atomic E-state index is 11.7. The van der Waals surface area contributed by atoms with Crippen LogP contribution in [0.15, 0.2) is 42.5 Å². The van der Waals surface area contributed by atoms with Crippen LogP contribution in [0, 0.1) is 0 Å². The molecule has 104 valence electrons. The molecule has 0 aliphatic carbocycles. The van der Waals surface area contributed by atoms with Crippen molar-refractivity contribution in [1.29, 1.82) is 0 Å². The molecular weight excluding hydrogens is 321 g/mol. The smallest absolute Gasteiger partial charge is 0.262 e. The van der Waals surface area contributed by atoms with Gasteiger partial charge in [-0.1, -0.05) is 40.9 Å². The summed E-state index contributed by atoms with van der Waals surface area (Å²) in [7, 11) is 0. The van der Waals surface area contributed by atoms with Crippen LogP contribution in [-0.4, -0.2) is 12.5 Å². The topological polar surface area (TPSA) is 38.3 Å². The summed E-state index contributed by atoms with van der Waals surface area (Å²) < 4.78 is 5.32. The highest BCUT2D eigenvalue weighted by Gasteiger charge is 2.05. The number of benzene rings is 2. The van der Waals surface area contributed by atoms with Crippen LogP contribution in [0.5, 0.6) is 5.75 Å². The van der Waals surface area contributed by atoms with E-state index in [-0.39, 0.29) is 12.5 Å². The summed E-state index contributed by atoms with van der Waals surface area (Å²) in [4.78, 5) is 11.7. The second kappa shape index (κ2) is 6.84. The van der Waals surface area contributed by atoms with E-state index >= 15 is 0 Å². The van der Waals surface area contributed by atoms with Crippen LogP contribution in [0.3, 0.4) is 0 Å². The molecule has 2 aromatic rings. The van der Waals surface area contributed by atoms with Gasteiger partial charge in [-0.2, -0.15) is 0 Å². The number of nitrogens with one attached hydrogen (secondary N) is 1. The van der Waals surface area contributed by atoms with Gasteiger partial charge in [0.15, 0.2) is 6.61 Å². The van der Waals surface area contributed by atoms with E-state index in [2.05, 4.69) is 5.32 Å². The van der Waals surface area contributed by atoms with Gasteiger partial charge in [-0.15, -0.1) is 0 Å². The molecule has 0 aliphatic rings. The summed E-state index contributed by atoms with van der Waals surface area (Å²) in [6, 6.07) is 11.7. The Morgan fingerprint density at radius 2 is 1.85 bits per heavy atom. The number of halogens is 3. The Hall–Kier alpha value is -1.42. The van der Waals surface area contributed by atoms with Crippen LogP contribution in [-0.2, 0) is 4.79 Å². The van der Waals surface area contributed by atoms with Crippen molar-refractivity contribution in [1.82, 2.24) is 0 Å². The number of hydrogen-bond acceptors (Lipinski definition) is 2. The van der Waals surface area contributed by atoms with Crippen molar-refractivity contribution in [3.8, 4) is 5.75 Å². The van der Waals surface area contributed by atoms with Gasteiger partial charge in [0, 0.05) is 16.8 Å². The van der Waals surface area contributed by atoms with E-state index in [4.69, 9.17) is 39.5 Å². The SMILES string of the molecule is O=C(COc1ccc(Cl)c(Cl)c1)Nc1cccc(Cl)c1. The Balaban J connectivity index is 1.90. The van der Waals surface area contributed by atoms with Crippen molar-refractivity contribution >= 4 is 46.4 Å². The van der Waals surface area contributed by atoms with Gasteiger partial charge in [0.1, 0.15) is 5.75 Å². The Kier molecular flexibility index (Phi) is 5.12. The molecule has 0 atom stereocenters. The first-order valence-electron chi connectivity index (χ1n) is 5.68. The van der Waals surface area contributed by atoms with Crippen LogP contribution in [0.25, 0.3) is 0 Å². The zero-order valence-electron chi connectivity index (χ0n) is 10.2. The molecule has 0 bridgehead atoms. The zero-order chi connectivity index (χ0) is 14.5. The number of hydrogen-bond donors (Lipinski definition) is 1. The maximum atomic E-state index is 11.7. The molecule has 2 aromatic carbocycles. The minimum atomic E-state index is -0.293. The Bertz CT molecular complexity index is 632. The normalized spacial score (nSPS) is 10.2. The largest absolute Gasteiger partial charge is 0.484 e. The predicted molar refractivity (Wildman–Crippen MR) is 82.0 cm³/mol. The standard InChI is InChI=1S/C14H10Cl3NO2/c15-9-2-1-3-10(6-9)18-14(19)8-20-11-4-5-12(16)13(17)7-11/h1-7H,8H2,(H,18,19). The predicted octanol–water partition coefficient (Wildman–Crippen LogP) is 4.66. The molecule has 1 amide bonds. The fourth-order valence-corrected chi connectivity index (χ4v) is 1.96. The Morgan fingerprint density at radius 1 is 1.05 bits per heavy atom. The lowest BCUT2D eigenvalue weighted by Crippen LogP contribution is -2.20. The second-order valence-corrected chi connectivity index (χ2v) is 5.17.